The average molecular weight is 340 g/mol. The molecule has 106 valence electrons. The largest absolute Gasteiger partial charge is 0.394 e. The molecule has 6 nitrogen and oxygen atoms in total. The molecular weight excluding hydrogens is 326 g/mol. The van der Waals surface area contributed by atoms with E-state index in [1.165, 1.54) is 10.8 Å². The minimum atomic E-state index is -0.217. The van der Waals surface area contributed by atoms with Crippen LogP contribution in [0, 0.1) is 0 Å². The summed E-state index contributed by atoms with van der Waals surface area (Å²) in [6.45, 7) is 3.36. The number of aromatic nitrogens is 2. The van der Waals surface area contributed by atoms with E-state index in [0.717, 1.165) is 22.9 Å². The van der Waals surface area contributed by atoms with Crippen LogP contribution >= 0.6 is 15.9 Å². The molecule has 3 rings (SSSR count). The van der Waals surface area contributed by atoms with Crippen molar-refractivity contribution in [2.75, 3.05) is 33.0 Å². The summed E-state index contributed by atoms with van der Waals surface area (Å²) in [5, 5.41) is 0.890. The predicted molar refractivity (Wildman–Crippen MR) is 77.5 cm³/mol. The Morgan fingerprint density at radius 2 is 2.20 bits per heavy atom. The number of fused-ring (bicyclic) bond motifs is 1. The second kappa shape index (κ2) is 5.90. The van der Waals surface area contributed by atoms with Crippen LogP contribution < -0.4 is 10.4 Å². The van der Waals surface area contributed by atoms with Crippen LogP contribution in [0.2, 0.25) is 0 Å². The summed E-state index contributed by atoms with van der Waals surface area (Å²) in [6, 6.07) is 3.34. The molecule has 0 atom stereocenters. The van der Waals surface area contributed by atoms with Gasteiger partial charge in [0.25, 0.3) is 5.56 Å². The second-order valence-electron chi connectivity index (χ2n) is 4.51. The molecular formula is C13H14BrN3O3. The zero-order valence-corrected chi connectivity index (χ0v) is 12.4. The molecule has 2 aromatic rings. The summed E-state index contributed by atoms with van der Waals surface area (Å²) in [4.78, 5) is 23.9. The van der Waals surface area contributed by atoms with Crippen molar-refractivity contribution in [2.45, 2.75) is 0 Å². The molecule has 1 saturated heterocycles. The number of rotatable bonds is 3. The Hall–Kier alpha value is -1.44. The van der Waals surface area contributed by atoms with E-state index in [0.29, 0.717) is 25.5 Å². The lowest BCUT2D eigenvalue weighted by atomic mass is 10.3. The lowest BCUT2D eigenvalue weighted by Gasteiger charge is -2.26. The molecule has 2 aromatic heterocycles. The fraction of sp³-hybridized carbons (Fsp3) is 0.385. The number of pyridine rings is 2. The Labute approximate surface area is 124 Å². The van der Waals surface area contributed by atoms with E-state index < -0.39 is 0 Å². The van der Waals surface area contributed by atoms with E-state index >= 15 is 0 Å². The smallest absolute Gasteiger partial charge is 0.284 e. The zero-order chi connectivity index (χ0) is 13.9. The first-order valence-electron chi connectivity index (χ1n) is 6.34. The third-order valence-electron chi connectivity index (χ3n) is 3.20. The number of nitrogens with zero attached hydrogens (tertiary/aromatic N) is 3. The van der Waals surface area contributed by atoms with Crippen molar-refractivity contribution in [3.63, 3.8) is 0 Å². The van der Waals surface area contributed by atoms with Crippen molar-refractivity contribution in [1.29, 1.82) is 0 Å². The Bertz CT molecular complexity index is 667. The molecule has 0 amide bonds. The van der Waals surface area contributed by atoms with Crippen LogP contribution in [-0.2, 0) is 4.74 Å². The van der Waals surface area contributed by atoms with Crippen LogP contribution in [0.1, 0.15) is 0 Å². The number of morpholine rings is 1. The zero-order valence-electron chi connectivity index (χ0n) is 10.8. The molecule has 0 aromatic carbocycles. The third kappa shape index (κ3) is 2.70. The van der Waals surface area contributed by atoms with E-state index in [9.17, 15) is 4.79 Å². The van der Waals surface area contributed by atoms with Gasteiger partial charge in [0.05, 0.1) is 19.4 Å². The van der Waals surface area contributed by atoms with Crippen LogP contribution in [0.5, 0.6) is 0 Å². The second-order valence-corrected chi connectivity index (χ2v) is 5.36. The van der Waals surface area contributed by atoms with Gasteiger partial charge in [-0.25, -0.2) is 0 Å². The maximum atomic E-state index is 12.1. The van der Waals surface area contributed by atoms with Crippen molar-refractivity contribution in [2.24, 2.45) is 0 Å². The lowest BCUT2D eigenvalue weighted by Crippen LogP contribution is -2.42. The molecule has 0 aliphatic carbocycles. The maximum absolute atomic E-state index is 12.1. The van der Waals surface area contributed by atoms with Crippen LogP contribution in [-0.4, -0.2) is 47.6 Å². The Kier molecular flexibility index (Phi) is 4.00. The highest BCUT2D eigenvalue weighted by atomic mass is 79.9. The van der Waals surface area contributed by atoms with Gasteiger partial charge in [-0.15, -0.1) is 4.73 Å². The van der Waals surface area contributed by atoms with Gasteiger partial charge in [0, 0.05) is 35.2 Å². The lowest BCUT2D eigenvalue weighted by molar-refractivity contribution is -0.0366. The quantitative estimate of drug-likeness (QED) is 0.830. The molecule has 3 heterocycles. The highest BCUT2D eigenvalue weighted by Gasteiger charge is 2.13. The first-order chi connectivity index (χ1) is 9.75. The topological polar surface area (TPSA) is 56.6 Å². The Morgan fingerprint density at radius 3 is 3.00 bits per heavy atom. The number of halogens is 1. The molecule has 0 bridgehead atoms. The van der Waals surface area contributed by atoms with E-state index in [4.69, 9.17) is 9.57 Å². The number of hydrogen-bond donors (Lipinski definition) is 0. The minimum absolute atomic E-state index is 0.217. The standard InChI is InChI=1S/C13H14BrN3O3/c14-11-7-13(18)17(12-8-15-2-1-10(11)12)20-9-16-3-5-19-6-4-16/h1-2,7-8H,3-6,9H2. The van der Waals surface area contributed by atoms with Gasteiger partial charge in [0.1, 0.15) is 5.52 Å². The van der Waals surface area contributed by atoms with Crippen molar-refractivity contribution < 1.29 is 9.57 Å². The monoisotopic (exact) mass is 339 g/mol. The van der Waals surface area contributed by atoms with Crippen molar-refractivity contribution >= 4 is 26.8 Å². The van der Waals surface area contributed by atoms with Crippen LogP contribution in [0.15, 0.2) is 33.8 Å². The molecule has 20 heavy (non-hydrogen) atoms. The summed E-state index contributed by atoms with van der Waals surface area (Å²) in [7, 11) is 0. The number of hydrogen-bond acceptors (Lipinski definition) is 5. The number of ether oxygens (including phenoxy) is 1. The van der Waals surface area contributed by atoms with E-state index in [-0.39, 0.29) is 5.56 Å². The van der Waals surface area contributed by atoms with Crippen LogP contribution in [0.4, 0.5) is 0 Å². The Balaban J connectivity index is 1.88. The SMILES string of the molecule is O=c1cc(Br)c2ccncc2n1OCN1CCOCC1. The molecule has 0 unspecified atom stereocenters. The Morgan fingerprint density at radius 1 is 1.40 bits per heavy atom. The van der Waals surface area contributed by atoms with Gasteiger partial charge in [0.2, 0.25) is 0 Å². The minimum Gasteiger partial charge on any atom is -0.394 e. The van der Waals surface area contributed by atoms with Gasteiger partial charge < -0.3 is 9.57 Å². The van der Waals surface area contributed by atoms with Gasteiger partial charge in [-0.05, 0) is 22.0 Å². The first kappa shape index (κ1) is 13.5. The van der Waals surface area contributed by atoms with Crippen molar-refractivity contribution in [1.82, 2.24) is 14.6 Å². The van der Waals surface area contributed by atoms with Gasteiger partial charge in [0.15, 0.2) is 6.73 Å². The molecule has 7 heteroatoms. The van der Waals surface area contributed by atoms with Gasteiger partial charge in [-0.1, -0.05) is 0 Å². The molecule has 1 aliphatic heterocycles. The highest BCUT2D eigenvalue weighted by Crippen LogP contribution is 2.20. The highest BCUT2D eigenvalue weighted by molar-refractivity contribution is 9.10. The predicted octanol–water partition coefficient (Wildman–Crippen LogP) is 0.877. The molecule has 1 fully saturated rings. The van der Waals surface area contributed by atoms with Crippen molar-refractivity contribution in [3.8, 4) is 0 Å². The maximum Gasteiger partial charge on any atom is 0.284 e. The van der Waals surface area contributed by atoms with Crippen LogP contribution in [0.25, 0.3) is 10.9 Å². The molecule has 0 radical (unpaired) electrons. The molecule has 0 N–H and O–H groups in total. The summed E-state index contributed by atoms with van der Waals surface area (Å²) in [5.41, 5.74) is 0.436. The normalized spacial score (nSPS) is 16.4. The van der Waals surface area contributed by atoms with Crippen LogP contribution in [0.3, 0.4) is 0 Å². The first-order valence-corrected chi connectivity index (χ1v) is 7.14. The third-order valence-corrected chi connectivity index (χ3v) is 3.86. The fourth-order valence-electron chi connectivity index (χ4n) is 2.12. The summed E-state index contributed by atoms with van der Waals surface area (Å²) in [6.07, 6.45) is 3.31. The summed E-state index contributed by atoms with van der Waals surface area (Å²) >= 11 is 3.39. The fourth-order valence-corrected chi connectivity index (χ4v) is 2.65. The van der Waals surface area contributed by atoms with Crippen molar-refractivity contribution in [3.05, 3.63) is 39.4 Å². The van der Waals surface area contributed by atoms with E-state index in [2.05, 4.69) is 25.8 Å². The average Bonchev–Trinajstić information content (AvgIpc) is 2.48. The molecule has 0 spiro atoms. The van der Waals surface area contributed by atoms with Gasteiger partial charge >= 0.3 is 0 Å². The van der Waals surface area contributed by atoms with Gasteiger partial charge in [-0.3, -0.25) is 14.7 Å². The summed E-state index contributed by atoms with van der Waals surface area (Å²) in [5.74, 6) is 0. The van der Waals surface area contributed by atoms with E-state index in [1.54, 1.807) is 12.4 Å². The van der Waals surface area contributed by atoms with Gasteiger partial charge in [-0.2, -0.15) is 0 Å². The molecule has 0 saturated carbocycles. The van der Waals surface area contributed by atoms with E-state index in [1.807, 2.05) is 6.07 Å². The molecule has 1 aliphatic rings. The summed E-state index contributed by atoms with van der Waals surface area (Å²) < 4.78 is 7.32.